The lowest BCUT2D eigenvalue weighted by Crippen LogP contribution is -2.15. The Hall–Kier alpha value is -1.32. The number of hydrazine groups is 1. The molecular formula is C14H16ClN3. The van der Waals surface area contributed by atoms with Crippen molar-refractivity contribution in [3.8, 4) is 0 Å². The van der Waals surface area contributed by atoms with E-state index in [1.165, 1.54) is 24.1 Å². The fourth-order valence-corrected chi connectivity index (χ4v) is 2.88. The number of halogens is 1. The molecule has 0 bridgehead atoms. The minimum absolute atomic E-state index is 0.758. The maximum absolute atomic E-state index is 6.17. The Balaban J connectivity index is 2.36. The van der Waals surface area contributed by atoms with Crippen LogP contribution in [0.25, 0.3) is 10.9 Å². The van der Waals surface area contributed by atoms with Gasteiger partial charge < -0.3 is 5.43 Å². The van der Waals surface area contributed by atoms with Gasteiger partial charge in [0.1, 0.15) is 0 Å². The number of benzene rings is 1. The third-order valence-electron chi connectivity index (χ3n) is 3.69. The molecule has 1 aliphatic rings. The number of pyridine rings is 1. The van der Waals surface area contributed by atoms with E-state index in [0.717, 1.165) is 40.0 Å². The molecule has 1 heterocycles. The van der Waals surface area contributed by atoms with E-state index in [-0.39, 0.29) is 0 Å². The van der Waals surface area contributed by atoms with Gasteiger partial charge in [-0.2, -0.15) is 0 Å². The molecule has 1 aliphatic carbocycles. The topological polar surface area (TPSA) is 50.9 Å². The van der Waals surface area contributed by atoms with Crippen LogP contribution < -0.4 is 11.3 Å². The first-order valence-corrected chi connectivity index (χ1v) is 6.66. The Morgan fingerprint density at radius 3 is 2.83 bits per heavy atom. The zero-order chi connectivity index (χ0) is 12.7. The summed E-state index contributed by atoms with van der Waals surface area (Å²) in [6.45, 7) is 2.00. The molecule has 0 amide bonds. The minimum atomic E-state index is 0.758. The predicted molar refractivity (Wildman–Crippen MR) is 75.9 cm³/mol. The number of aryl methyl sites for hydroxylation is 2. The molecule has 3 N–H and O–H groups in total. The first-order valence-electron chi connectivity index (χ1n) is 6.29. The van der Waals surface area contributed by atoms with E-state index in [1.54, 1.807) is 0 Å². The number of nitrogens with one attached hydrogen (secondary N) is 1. The summed E-state index contributed by atoms with van der Waals surface area (Å²) in [6, 6.07) is 4.00. The van der Waals surface area contributed by atoms with E-state index in [9.17, 15) is 0 Å². The summed E-state index contributed by atoms with van der Waals surface area (Å²) < 4.78 is 0. The molecule has 3 rings (SSSR count). The fourth-order valence-electron chi connectivity index (χ4n) is 2.72. The van der Waals surface area contributed by atoms with Gasteiger partial charge in [-0.1, -0.05) is 11.6 Å². The average Bonchev–Trinajstić information content (AvgIpc) is 2.38. The van der Waals surface area contributed by atoms with Crippen molar-refractivity contribution >= 4 is 28.2 Å². The van der Waals surface area contributed by atoms with Gasteiger partial charge in [-0.3, -0.25) is 10.8 Å². The highest BCUT2D eigenvalue weighted by Crippen LogP contribution is 2.34. The first kappa shape index (κ1) is 11.8. The number of rotatable bonds is 1. The molecule has 0 atom stereocenters. The highest BCUT2D eigenvalue weighted by molar-refractivity contribution is 6.32. The number of hydrogen-bond acceptors (Lipinski definition) is 3. The highest BCUT2D eigenvalue weighted by atomic mass is 35.5. The SMILES string of the molecule is Cc1cc2c(NN)c3c(nc2cc1Cl)CCCC3. The van der Waals surface area contributed by atoms with Gasteiger partial charge in [0.25, 0.3) is 0 Å². The van der Waals surface area contributed by atoms with Crippen LogP contribution in [0.3, 0.4) is 0 Å². The largest absolute Gasteiger partial charge is 0.323 e. The second-order valence-electron chi connectivity index (χ2n) is 4.88. The highest BCUT2D eigenvalue weighted by Gasteiger charge is 2.18. The van der Waals surface area contributed by atoms with Crippen molar-refractivity contribution in [1.82, 2.24) is 4.98 Å². The molecule has 0 fully saturated rings. The number of hydrogen-bond donors (Lipinski definition) is 2. The monoisotopic (exact) mass is 261 g/mol. The van der Waals surface area contributed by atoms with Crippen LogP contribution in [0.5, 0.6) is 0 Å². The van der Waals surface area contributed by atoms with Crippen molar-refractivity contribution in [2.45, 2.75) is 32.6 Å². The standard InChI is InChI=1S/C14H16ClN3/c1-8-6-10-13(7-11(8)15)17-12-5-3-2-4-9(12)14(10)18-16/h6-7H,2-5,16H2,1H3,(H,17,18). The average molecular weight is 262 g/mol. The lowest BCUT2D eigenvalue weighted by atomic mass is 9.92. The molecule has 1 aromatic carbocycles. The number of anilines is 1. The van der Waals surface area contributed by atoms with E-state index >= 15 is 0 Å². The molecule has 0 aliphatic heterocycles. The van der Waals surface area contributed by atoms with Gasteiger partial charge in [-0.25, -0.2) is 0 Å². The third kappa shape index (κ3) is 1.74. The van der Waals surface area contributed by atoms with E-state index in [1.807, 2.05) is 13.0 Å². The quantitative estimate of drug-likeness (QED) is 0.611. The van der Waals surface area contributed by atoms with E-state index in [2.05, 4.69) is 11.5 Å². The van der Waals surface area contributed by atoms with Crippen molar-refractivity contribution < 1.29 is 0 Å². The molecule has 4 heteroatoms. The molecule has 0 saturated carbocycles. The van der Waals surface area contributed by atoms with Crippen LogP contribution >= 0.6 is 11.6 Å². The van der Waals surface area contributed by atoms with Crippen LogP contribution in [0.1, 0.15) is 29.7 Å². The maximum atomic E-state index is 6.17. The van der Waals surface area contributed by atoms with Crippen LogP contribution in [-0.2, 0) is 12.8 Å². The molecular weight excluding hydrogens is 246 g/mol. The molecule has 3 nitrogen and oxygen atoms in total. The minimum Gasteiger partial charge on any atom is -0.323 e. The normalized spacial score (nSPS) is 14.6. The third-order valence-corrected chi connectivity index (χ3v) is 4.09. The summed E-state index contributed by atoms with van der Waals surface area (Å²) in [5.74, 6) is 5.72. The summed E-state index contributed by atoms with van der Waals surface area (Å²) in [5.41, 5.74) is 8.31. The van der Waals surface area contributed by atoms with Gasteiger partial charge in [0.05, 0.1) is 11.2 Å². The van der Waals surface area contributed by atoms with Crippen LogP contribution in [0.4, 0.5) is 5.69 Å². The van der Waals surface area contributed by atoms with Crippen molar-refractivity contribution in [1.29, 1.82) is 0 Å². The van der Waals surface area contributed by atoms with Gasteiger partial charge >= 0.3 is 0 Å². The number of nitrogen functional groups attached to an aromatic ring is 1. The lowest BCUT2D eigenvalue weighted by molar-refractivity contribution is 0.672. The molecule has 0 saturated heterocycles. The molecule has 1 aromatic heterocycles. The fraction of sp³-hybridized carbons (Fsp3) is 0.357. The summed E-state index contributed by atoms with van der Waals surface area (Å²) in [4.78, 5) is 4.75. The Bertz CT molecular complexity index is 622. The predicted octanol–water partition coefficient (Wildman–Crippen LogP) is 3.36. The van der Waals surface area contributed by atoms with E-state index in [4.69, 9.17) is 22.4 Å². The maximum Gasteiger partial charge on any atom is 0.0741 e. The number of nitrogens with two attached hydrogens (primary N) is 1. The molecule has 18 heavy (non-hydrogen) atoms. The Morgan fingerprint density at radius 1 is 1.28 bits per heavy atom. The Kier molecular flexibility index (Phi) is 2.88. The van der Waals surface area contributed by atoms with Crippen molar-refractivity contribution in [3.63, 3.8) is 0 Å². The molecule has 2 aromatic rings. The molecule has 0 spiro atoms. The van der Waals surface area contributed by atoms with Gasteiger partial charge in [0, 0.05) is 16.1 Å². The summed E-state index contributed by atoms with van der Waals surface area (Å²) >= 11 is 6.17. The second-order valence-corrected chi connectivity index (χ2v) is 5.29. The van der Waals surface area contributed by atoms with E-state index in [0.29, 0.717) is 0 Å². The van der Waals surface area contributed by atoms with Gasteiger partial charge in [-0.15, -0.1) is 0 Å². The van der Waals surface area contributed by atoms with E-state index < -0.39 is 0 Å². The lowest BCUT2D eigenvalue weighted by Gasteiger charge is -2.20. The van der Waals surface area contributed by atoms with Gasteiger partial charge in [0.15, 0.2) is 0 Å². The van der Waals surface area contributed by atoms with Crippen molar-refractivity contribution in [2.24, 2.45) is 5.84 Å². The smallest absolute Gasteiger partial charge is 0.0741 e. The Labute approximate surface area is 111 Å². The van der Waals surface area contributed by atoms with Crippen LogP contribution in [0, 0.1) is 6.92 Å². The summed E-state index contributed by atoms with van der Waals surface area (Å²) in [6.07, 6.45) is 4.50. The first-order chi connectivity index (χ1) is 8.70. The van der Waals surface area contributed by atoms with Gasteiger partial charge in [-0.05, 0) is 55.9 Å². The molecule has 94 valence electrons. The zero-order valence-electron chi connectivity index (χ0n) is 10.4. The van der Waals surface area contributed by atoms with Crippen LogP contribution in [0.2, 0.25) is 5.02 Å². The van der Waals surface area contributed by atoms with Crippen LogP contribution in [0.15, 0.2) is 12.1 Å². The zero-order valence-corrected chi connectivity index (χ0v) is 11.1. The van der Waals surface area contributed by atoms with Crippen molar-refractivity contribution in [3.05, 3.63) is 34.0 Å². The number of fused-ring (bicyclic) bond motifs is 2. The Morgan fingerprint density at radius 2 is 2.06 bits per heavy atom. The summed E-state index contributed by atoms with van der Waals surface area (Å²) in [7, 11) is 0. The van der Waals surface area contributed by atoms with Crippen molar-refractivity contribution in [2.75, 3.05) is 5.43 Å². The van der Waals surface area contributed by atoms with Crippen LogP contribution in [-0.4, -0.2) is 4.98 Å². The number of aromatic nitrogens is 1. The molecule has 0 radical (unpaired) electrons. The second kappa shape index (κ2) is 4.41. The molecule has 0 unspecified atom stereocenters. The van der Waals surface area contributed by atoms with Gasteiger partial charge in [0.2, 0.25) is 0 Å². The number of nitrogens with zero attached hydrogens (tertiary/aromatic N) is 1. The summed E-state index contributed by atoms with van der Waals surface area (Å²) in [5, 5.41) is 1.83.